The maximum absolute atomic E-state index is 12.0. The Hall–Kier alpha value is -1.59. The molecular weight excluding hydrogens is 248 g/mol. The minimum Gasteiger partial charge on any atom is -0.507 e. The summed E-state index contributed by atoms with van der Waals surface area (Å²) in [6.07, 6.45) is -0.561. The van der Waals surface area contributed by atoms with Gasteiger partial charge in [-0.1, -0.05) is 0 Å². The summed E-state index contributed by atoms with van der Waals surface area (Å²) in [5, 5.41) is 20.3. The van der Waals surface area contributed by atoms with E-state index in [1.54, 1.807) is 13.0 Å². The molecule has 0 bridgehead atoms. The van der Waals surface area contributed by atoms with Gasteiger partial charge in [-0.2, -0.15) is 0 Å². The molecule has 0 spiro atoms. The zero-order valence-corrected chi connectivity index (χ0v) is 11.3. The maximum atomic E-state index is 12.0. The van der Waals surface area contributed by atoms with E-state index >= 15 is 0 Å². The molecule has 0 heterocycles. The summed E-state index contributed by atoms with van der Waals surface area (Å²) in [6, 6.07) is 1.61. The topological polar surface area (TPSA) is 76.0 Å². The van der Waals surface area contributed by atoms with Gasteiger partial charge in [0.15, 0.2) is 5.78 Å². The molecule has 0 aliphatic heterocycles. The maximum Gasteiger partial charge on any atom is 0.167 e. The third-order valence-electron chi connectivity index (χ3n) is 3.60. The fourth-order valence-electron chi connectivity index (χ4n) is 2.46. The number of phenolic OH excluding ortho intramolecular Hbond substituents is 1. The predicted molar refractivity (Wildman–Crippen MR) is 68.6 cm³/mol. The van der Waals surface area contributed by atoms with Crippen LogP contribution in [0.4, 0.5) is 0 Å². The first-order chi connectivity index (χ1) is 9.01. The van der Waals surface area contributed by atoms with Crippen LogP contribution < -0.4 is 4.74 Å². The van der Waals surface area contributed by atoms with Crippen LogP contribution in [0.25, 0.3) is 0 Å². The lowest BCUT2D eigenvalue weighted by atomic mass is 9.85. The lowest BCUT2D eigenvalue weighted by molar-refractivity contribution is 0.0886. The summed E-state index contributed by atoms with van der Waals surface area (Å²) in [5.41, 5.74) is 1.06. The smallest absolute Gasteiger partial charge is 0.167 e. The number of aliphatic hydroxyl groups excluding tert-OH is 1. The molecule has 2 unspecified atom stereocenters. The lowest BCUT2D eigenvalue weighted by Gasteiger charge is -2.25. The number of hydrogen-bond acceptors (Lipinski definition) is 5. The summed E-state index contributed by atoms with van der Waals surface area (Å²) in [7, 11) is 2.99. The molecule has 0 saturated carbocycles. The van der Waals surface area contributed by atoms with E-state index < -0.39 is 12.2 Å². The molecule has 0 radical (unpaired) electrons. The Balaban J connectivity index is 2.70. The number of fused-ring (bicyclic) bond motifs is 1. The zero-order chi connectivity index (χ0) is 14.2. The average molecular weight is 266 g/mol. The fourth-order valence-corrected chi connectivity index (χ4v) is 2.46. The Morgan fingerprint density at radius 1 is 1.42 bits per heavy atom. The molecule has 5 nitrogen and oxygen atoms in total. The van der Waals surface area contributed by atoms with Gasteiger partial charge in [-0.15, -0.1) is 0 Å². The third-order valence-corrected chi connectivity index (χ3v) is 3.60. The Morgan fingerprint density at radius 3 is 2.68 bits per heavy atom. The average Bonchev–Trinajstić information content (AvgIpc) is 2.41. The molecule has 1 aliphatic carbocycles. The summed E-state index contributed by atoms with van der Waals surface area (Å²) >= 11 is 0. The number of Topliss-reactive ketones (excluding diaryl/α,β-unsaturated/α-hetero) is 1. The SMILES string of the molecule is COc1cc2c(c(O)c1C(C)OC)C(=O)CCC2O. The van der Waals surface area contributed by atoms with Crippen LogP contribution in [0.1, 0.15) is 53.5 Å². The van der Waals surface area contributed by atoms with Crippen molar-refractivity contribution in [1.82, 2.24) is 0 Å². The van der Waals surface area contributed by atoms with Crippen molar-refractivity contribution in [1.29, 1.82) is 0 Å². The summed E-state index contributed by atoms with van der Waals surface area (Å²) in [6.45, 7) is 1.76. The molecule has 104 valence electrons. The van der Waals surface area contributed by atoms with Crippen molar-refractivity contribution in [2.75, 3.05) is 14.2 Å². The van der Waals surface area contributed by atoms with E-state index in [1.165, 1.54) is 14.2 Å². The van der Waals surface area contributed by atoms with Gasteiger partial charge in [-0.05, 0) is 25.0 Å². The lowest BCUT2D eigenvalue weighted by Crippen LogP contribution is -2.17. The second-order valence-electron chi connectivity index (χ2n) is 4.66. The highest BCUT2D eigenvalue weighted by Crippen LogP contribution is 2.44. The first-order valence-electron chi connectivity index (χ1n) is 6.19. The summed E-state index contributed by atoms with van der Waals surface area (Å²) in [4.78, 5) is 12.0. The highest BCUT2D eigenvalue weighted by molar-refractivity contribution is 6.02. The fraction of sp³-hybridized carbons (Fsp3) is 0.500. The van der Waals surface area contributed by atoms with Crippen LogP contribution in [0.2, 0.25) is 0 Å². The van der Waals surface area contributed by atoms with Crippen molar-refractivity contribution in [2.45, 2.75) is 32.0 Å². The van der Waals surface area contributed by atoms with Gasteiger partial charge in [0.05, 0.1) is 30.4 Å². The number of aliphatic hydroxyl groups is 1. The molecule has 0 amide bonds. The van der Waals surface area contributed by atoms with E-state index in [0.717, 1.165) is 0 Å². The van der Waals surface area contributed by atoms with Crippen LogP contribution in [0.15, 0.2) is 6.07 Å². The molecule has 0 saturated heterocycles. The van der Waals surface area contributed by atoms with Gasteiger partial charge in [0.25, 0.3) is 0 Å². The highest BCUT2D eigenvalue weighted by Gasteiger charge is 2.31. The van der Waals surface area contributed by atoms with Crippen molar-refractivity contribution in [3.05, 3.63) is 22.8 Å². The normalized spacial score (nSPS) is 20.0. The van der Waals surface area contributed by atoms with Crippen molar-refractivity contribution in [3.63, 3.8) is 0 Å². The Labute approximate surface area is 111 Å². The van der Waals surface area contributed by atoms with Crippen molar-refractivity contribution in [2.24, 2.45) is 0 Å². The number of phenols is 1. The number of ether oxygens (including phenoxy) is 2. The number of benzene rings is 1. The predicted octanol–water partition coefficient (Wildman–Crippen LogP) is 2.12. The highest BCUT2D eigenvalue weighted by atomic mass is 16.5. The molecule has 0 aromatic heterocycles. The van der Waals surface area contributed by atoms with E-state index in [-0.39, 0.29) is 23.5 Å². The van der Waals surface area contributed by atoms with Crippen LogP contribution in [0.5, 0.6) is 11.5 Å². The van der Waals surface area contributed by atoms with Gasteiger partial charge in [-0.3, -0.25) is 4.79 Å². The van der Waals surface area contributed by atoms with Gasteiger partial charge in [0.1, 0.15) is 11.5 Å². The molecule has 1 aromatic carbocycles. The minimum absolute atomic E-state index is 0.146. The number of ketones is 1. The summed E-state index contributed by atoms with van der Waals surface area (Å²) < 4.78 is 10.4. The Kier molecular flexibility index (Phi) is 3.78. The third kappa shape index (κ3) is 2.19. The standard InChI is InChI=1S/C14H18O5/c1-7(18-2)12-11(19-3)6-8-9(15)4-5-10(16)13(8)14(12)17/h6-7,9,15,17H,4-5H2,1-3H3. The van der Waals surface area contributed by atoms with Crippen LogP contribution in [-0.4, -0.2) is 30.2 Å². The van der Waals surface area contributed by atoms with E-state index in [1.807, 2.05) is 0 Å². The largest absolute Gasteiger partial charge is 0.507 e. The number of aromatic hydroxyl groups is 1. The molecule has 1 aliphatic rings. The molecule has 2 atom stereocenters. The second-order valence-corrected chi connectivity index (χ2v) is 4.66. The Morgan fingerprint density at radius 2 is 2.11 bits per heavy atom. The zero-order valence-electron chi connectivity index (χ0n) is 11.3. The number of rotatable bonds is 3. The molecule has 1 aromatic rings. The number of hydrogen-bond donors (Lipinski definition) is 2. The summed E-state index contributed by atoms with van der Waals surface area (Å²) in [5.74, 6) is 0.108. The van der Waals surface area contributed by atoms with E-state index in [0.29, 0.717) is 23.3 Å². The first-order valence-corrected chi connectivity index (χ1v) is 6.19. The molecule has 2 N–H and O–H groups in total. The van der Waals surface area contributed by atoms with Crippen molar-refractivity contribution < 1.29 is 24.5 Å². The first kappa shape index (κ1) is 13.8. The van der Waals surface area contributed by atoms with Crippen molar-refractivity contribution >= 4 is 5.78 Å². The van der Waals surface area contributed by atoms with Gasteiger partial charge >= 0.3 is 0 Å². The van der Waals surface area contributed by atoms with Crippen LogP contribution in [-0.2, 0) is 4.74 Å². The molecule has 5 heteroatoms. The molecule has 0 fully saturated rings. The van der Waals surface area contributed by atoms with E-state index in [9.17, 15) is 15.0 Å². The van der Waals surface area contributed by atoms with E-state index in [2.05, 4.69) is 0 Å². The second kappa shape index (κ2) is 5.19. The molecule has 2 rings (SSSR count). The minimum atomic E-state index is -0.751. The van der Waals surface area contributed by atoms with E-state index in [4.69, 9.17) is 9.47 Å². The van der Waals surface area contributed by atoms with Gasteiger partial charge in [0.2, 0.25) is 0 Å². The number of carbonyl (C=O) groups is 1. The number of methoxy groups -OCH3 is 2. The quantitative estimate of drug-likeness (QED) is 0.876. The monoisotopic (exact) mass is 266 g/mol. The Bertz CT molecular complexity index is 509. The molecule has 19 heavy (non-hydrogen) atoms. The van der Waals surface area contributed by atoms with Gasteiger partial charge < -0.3 is 19.7 Å². The number of carbonyl (C=O) groups excluding carboxylic acids is 1. The molecular formula is C14H18O5. The van der Waals surface area contributed by atoms with Crippen molar-refractivity contribution in [3.8, 4) is 11.5 Å². The van der Waals surface area contributed by atoms with Crippen LogP contribution in [0, 0.1) is 0 Å². The van der Waals surface area contributed by atoms with Gasteiger partial charge in [-0.25, -0.2) is 0 Å². The van der Waals surface area contributed by atoms with Crippen LogP contribution >= 0.6 is 0 Å². The van der Waals surface area contributed by atoms with Crippen LogP contribution in [0.3, 0.4) is 0 Å². The van der Waals surface area contributed by atoms with Gasteiger partial charge in [0, 0.05) is 13.5 Å².